The van der Waals surface area contributed by atoms with Crippen molar-refractivity contribution < 1.29 is 4.74 Å². The van der Waals surface area contributed by atoms with Crippen LogP contribution in [-0.4, -0.2) is 13.2 Å². The van der Waals surface area contributed by atoms with Crippen LogP contribution in [0.25, 0.3) is 0 Å². The lowest BCUT2D eigenvalue weighted by Crippen LogP contribution is -2.20. The number of hydrogen-bond acceptors (Lipinski definition) is 1. The minimum absolute atomic E-state index is 0.518. The van der Waals surface area contributed by atoms with E-state index in [1.54, 1.807) is 0 Å². The fraction of sp³-hybridized carbons (Fsp3) is 1.00. The predicted octanol–water partition coefficient (Wildman–Crippen LogP) is 4.55. The maximum Gasteiger partial charge on any atom is 0.0596 e. The van der Waals surface area contributed by atoms with Gasteiger partial charge in [0, 0.05) is 7.11 Å². The van der Waals surface area contributed by atoms with Crippen LogP contribution in [0.2, 0.25) is 0 Å². The van der Waals surface area contributed by atoms with E-state index in [0.29, 0.717) is 6.10 Å². The second kappa shape index (κ2) is 8.15. The third-order valence-corrected chi connectivity index (χ3v) is 3.84. The predicted molar refractivity (Wildman–Crippen MR) is 66.1 cm³/mol. The second-order valence-corrected chi connectivity index (χ2v) is 5.16. The third-order valence-electron chi connectivity index (χ3n) is 3.84. The smallest absolute Gasteiger partial charge is 0.0596 e. The van der Waals surface area contributed by atoms with Gasteiger partial charge in [-0.2, -0.15) is 0 Å². The molecule has 0 heterocycles. The van der Waals surface area contributed by atoms with Crippen LogP contribution in [0.5, 0.6) is 0 Å². The number of methoxy groups -OCH3 is 1. The normalized spacial score (nSPS) is 31.6. The van der Waals surface area contributed by atoms with Gasteiger partial charge in [0.2, 0.25) is 0 Å². The summed E-state index contributed by atoms with van der Waals surface area (Å²) in [4.78, 5) is 0. The van der Waals surface area contributed by atoms with Crippen molar-refractivity contribution in [3.05, 3.63) is 0 Å². The molecule has 0 aromatic rings. The molecule has 0 amide bonds. The number of ether oxygens (including phenoxy) is 1. The zero-order valence-electron chi connectivity index (χ0n) is 10.6. The van der Waals surface area contributed by atoms with Crippen LogP contribution >= 0.6 is 0 Å². The molecule has 2 atom stereocenters. The van der Waals surface area contributed by atoms with E-state index in [-0.39, 0.29) is 0 Å². The Labute approximate surface area is 95.6 Å². The van der Waals surface area contributed by atoms with Crippen LogP contribution in [0.4, 0.5) is 0 Å². The van der Waals surface area contributed by atoms with E-state index in [9.17, 15) is 0 Å². The molecule has 0 radical (unpaired) electrons. The van der Waals surface area contributed by atoms with E-state index in [1.165, 1.54) is 64.2 Å². The van der Waals surface area contributed by atoms with Crippen LogP contribution in [-0.2, 0) is 4.74 Å². The Hall–Kier alpha value is -0.0400. The van der Waals surface area contributed by atoms with Crippen molar-refractivity contribution in [2.24, 2.45) is 5.92 Å². The molecule has 0 saturated heterocycles. The summed E-state index contributed by atoms with van der Waals surface area (Å²) in [7, 11) is 1.88. The van der Waals surface area contributed by atoms with Crippen LogP contribution in [0.1, 0.15) is 71.1 Å². The van der Waals surface area contributed by atoms with Crippen LogP contribution in [0.3, 0.4) is 0 Å². The molecule has 1 saturated carbocycles. The van der Waals surface area contributed by atoms with Gasteiger partial charge in [0.25, 0.3) is 0 Å². The Kier molecular flexibility index (Phi) is 7.08. The summed E-state index contributed by atoms with van der Waals surface area (Å²) in [5, 5.41) is 0. The molecule has 0 spiro atoms. The van der Waals surface area contributed by atoms with Crippen molar-refractivity contribution in [1.82, 2.24) is 0 Å². The largest absolute Gasteiger partial charge is 0.381 e. The first-order chi connectivity index (χ1) is 7.34. The first kappa shape index (κ1) is 13.0. The molecule has 1 rings (SSSR count). The van der Waals surface area contributed by atoms with Gasteiger partial charge in [-0.15, -0.1) is 0 Å². The summed E-state index contributed by atoms with van der Waals surface area (Å²) in [6.07, 6.45) is 14.6. The van der Waals surface area contributed by atoms with Gasteiger partial charge in [-0.1, -0.05) is 58.3 Å². The molecule has 0 aliphatic heterocycles. The van der Waals surface area contributed by atoms with Gasteiger partial charge in [-0.25, -0.2) is 0 Å². The molecule has 1 unspecified atom stereocenters. The molecular weight excluding hydrogens is 184 g/mol. The summed E-state index contributed by atoms with van der Waals surface area (Å²) in [5.74, 6) is 0.759. The van der Waals surface area contributed by atoms with Crippen molar-refractivity contribution in [1.29, 1.82) is 0 Å². The van der Waals surface area contributed by atoms with Crippen molar-refractivity contribution in [3.63, 3.8) is 0 Å². The first-order valence-electron chi connectivity index (χ1n) is 6.87. The Morgan fingerprint density at radius 1 is 0.733 bits per heavy atom. The Bertz CT molecular complexity index is 144. The fourth-order valence-electron chi connectivity index (χ4n) is 2.69. The van der Waals surface area contributed by atoms with Gasteiger partial charge in [0.05, 0.1) is 6.10 Å². The standard InChI is InChI=1S/C14H28O/c1-13-11-9-7-5-3-4-6-8-10-12-14(13)15-2/h13-14H,3-12H2,1-2H3/t13-,14?/m0/s1. The van der Waals surface area contributed by atoms with E-state index >= 15 is 0 Å². The zero-order chi connectivity index (χ0) is 10.9. The molecule has 1 fully saturated rings. The summed E-state index contributed by atoms with van der Waals surface area (Å²) >= 11 is 0. The Balaban J connectivity index is 2.30. The third kappa shape index (κ3) is 5.55. The van der Waals surface area contributed by atoms with Gasteiger partial charge >= 0.3 is 0 Å². The highest BCUT2D eigenvalue weighted by Gasteiger charge is 2.16. The second-order valence-electron chi connectivity index (χ2n) is 5.16. The highest BCUT2D eigenvalue weighted by atomic mass is 16.5. The summed E-state index contributed by atoms with van der Waals surface area (Å²) < 4.78 is 5.61. The molecule has 90 valence electrons. The van der Waals surface area contributed by atoms with E-state index in [2.05, 4.69) is 6.92 Å². The monoisotopic (exact) mass is 212 g/mol. The van der Waals surface area contributed by atoms with Gasteiger partial charge in [-0.05, 0) is 18.8 Å². The average molecular weight is 212 g/mol. The fourth-order valence-corrected chi connectivity index (χ4v) is 2.69. The van der Waals surface area contributed by atoms with E-state index < -0.39 is 0 Å². The van der Waals surface area contributed by atoms with Crippen LogP contribution < -0.4 is 0 Å². The quantitative estimate of drug-likeness (QED) is 0.619. The van der Waals surface area contributed by atoms with Crippen LogP contribution in [0.15, 0.2) is 0 Å². The van der Waals surface area contributed by atoms with Gasteiger partial charge in [-0.3, -0.25) is 0 Å². The van der Waals surface area contributed by atoms with Gasteiger partial charge in [0.1, 0.15) is 0 Å². The van der Waals surface area contributed by atoms with Crippen molar-refractivity contribution in [2.45, 2.75) is 77.2 Å². The average Bonchev–Trinajstić information content (AvgIpc) is 2.23. The highest BCUT2D eigenvalue weighted by molar-refractivity contribution is 4.67. The Morgan fingerprint density at radius 3 is 1.73 bits per heavy atom. The van der Waals surface area contributed by atoms with Gasteiger partial charge in [0.15, 0.2) is 0 Å². The number of rotatable bonds is 1. The summed E-state index contributed by atoms with van der Waals surface area (Å²) in [6, 6.07) is 0. The maximum atomic E-state index is 5.61. The number of hydrogen-bond donors (Lipinski definition) is 0. The molecule has 0 N–H and O–H groups in total. The van der Waals surface area contributed by atoms with E-state index in [1.807, 2.05) is 7.11 Å². The molecule has 0 aromatic heterocycles. The highest BCUT2D eigenvalue weighted by Crippen LogP contribution is 2.22. The summed E-state index contributed by atoms with van der Waals surface area (Å²) in [6.45, 7) is 2.36. The Morgan fingerprint density at radius 2 is 1.20 bits per heavy atom. The molecule has 1 nitrogen and oxygen atoms in total. The van der Waals surface area contributed by atoms with Crippen molar-refractivity contribution in [3.8, 4) is 0 Å². The molecule has 15 heavy (non-hydrogen) atoms. The molecule has 0 bridgehead atoms. The lowest BCUT2D eigenvalue weighted by molar-refractivity contribution is 0.0453. The molecule has 1 aliphatic rings. The molecular formula is C14H28O. The maximum absolute atomic E-state index is 5.61. The topological polar surface area (TPSA) is 9.23 Å². The van der Waals surface area contributed by atoms with E-state index in [0.717, 1.165) is 5.92 Å². The lowest BCUT2D eigenvalue weighted by Gasteiger charge is -2.23. The lowest BCUT2D eigenvalue weighted by atomic mass is 9.92. The summed E-state index contributed by atoms with van der Waals surface area (Å²) in [5.41, 5.74) is 0. The van der Waals surface area contributed by atoms with Crippen LogP contribution in [0, 0.1) is 5.92 Å². The SMILES string of the molecule is COC1CCCCCCCCCC[C@@H]1C. The minimum Gasteiger partial charge on any atom is -0.381 e. The molecule has 0 aromatic carbocycles. The minimum atomic E-state index is 0.518. The molecule has 1 heteroatoms. The first-order valence-corrected chi connectivity index (χ1v) is 6.87. The van der Waals surface area contributed by atoms with Crippen molar-refractivity contribution >= 4 is 0 Å². The zero-order valence-corrected chi connectivity index (χ0v) is 10.6. The van der Waals surface area contributed by atoms with Crippen molar-refractivity contribution in [2.75, 3.05) is 7.11 Å². The van der Waals surface area contributed by atoms with E-state index in [4.69, 9.17) is 4.74 Å². The molecule has 1 aliphatic carbocycles. The van der Waals surface area contributed by atoms with Gasteiger partial charge < -0.3 is 4.74 Å².